The molecule has 0 aliphatic carbocycles. The first kappa shape index (κ1) is 17.3. The monoisotopic (exact) mass is 357 g/mol. The molecule has 0 fully saturated rings. The number of anilines is 3. The summed E-state index contributed by atoms with van der Waals surface area (Å²) in [5.74, 6) is -0.00315. The van der Waals surface area contributed by atoms with Crippen molar-refractivity contribution in [3.05, 3.63) is 83.2 Å². The predicted octanol–water partition coefficient (Wildman–Crippen LogP) is 4.90. The van der Waals surface area contributed by atoms with E-state index in [9.17, 15) is 4.79 Å². The minimum Gasteiger partial charge on any atom is -0.354 e. The Morgan fingerprint density at radius 2 is 2.00 bits per heavy atom. The van der Waals surface area contributed by atoms with Gasteiger partial charge in [-0.3, -0.25) is 9.78 Å². The van der Waals surface area contributed by atoms with E-state index >= 15 is 0 Å². The van der Waals surface area contributed by atoms with Gasteiger partial charge in [0.1, 0.15) is 0 Å². The van der Waals surface area contributed by atoms with Crippen LogP contribution < -0.4 is 10.2 Å². The summed E-state index contributed by atoms with van der Waals surface area (Å²) in [5.41, 5.74) is 7.19. The van der Waals surface area contributed by atoms with E-state index in [1.165, 1.54) is 16.7 Å². The molecule has 1 aliphatic heterocycles. The standard InChI is InChI=1S/C23H23N3O/c1-3-17-9-6-7-16(2)22(17)25-20-13-19(14-24-15-20)23(27)26-12-11-18-8-4-5-10-21(18)26/h4-10,13-15,25H,3,11-12H2,1-2H3. The van der Waals surface area contributed by atoms with E-state index in [1.807, 2.05) is 29.2 Å². The zero-order valence-electron chi connectivity index (χ0n) is 15.7. The SMILES string of the molecule is CCc1cccc(C)c1Nc1cncc(C(=O)N2CCc3ccccc32)c1. The lowest BCUT2D eigenvalue weighted by atomic mass is 10.1. The fourth-order valence-corrected chi connectivity index (χ4v) is 3.68. The number of carbonyl (C=O) groups is 1. The van der Waals surface area contributed by atoms with Gasteiger partial charge in [0.05, 0.1) is 17.4 Å². The molecule has 0 spiro atoms. The second kappa shape index (κ2) is 7.23. The molecule has 0 bridgehead atoms. The van der Waals surface area contributed by atoms with E-state index in [1.54, 1.807) is 12.4 Å². The van der Waals surface area contributed by atoms with Crippen LogP contribution in [0.3, 0.4) is 0 Å². The number of benzene rings is 2. The Hall–Kier alpha value is -3.14. The van der Waals surface area contributed by atoms with Gasteiger partial charge in [-0.1, -0.05) is 43.3 Å². The third-order valence-electron chi connectivity index (χ3n) is 5.13. The van der Waals surface area contributed by atoms with Crippen molar-refractivity contribution in [2.75, 3.05) is 16.8 Å². The van der Waals surface area contributed by atoms with Crippen molar-refractivity contribution >= 4 is 23.0 Å². The molecule has 4 heteroatoms. The Balaban J connectivity index is 1.61. The van der Waals surface area contributed by atoms with Gasteiger partial charge >= 0.3 is 0 Å². The number of para-hydroxylation sites is 2. The second-order valence-electron chi connectivity index (χ2n) is 6.89. The molecule has 2 heterocycles. The first-order chi connectivity index (χ1) is 13.2. The van der Waals surface area contributed by atoms with Crippen LogP contribution in [0.25, 0.3) is 0 Å². The smallest absolute Gasteiger partial charge is 0.259 e. The summed E-state index contributed by atoms with van der Waals surface area (Å²) < 4.78 is 0. The number of nitrogens with one attached hydrogen (secondary N) is 1. The van der Waals surface area contributed by atoms with E-state index in [4.69, 9.17) is 0 Å². The molecule has 1 N–H and O–H groups in total. The molecule has 0 atom stereocenters. The maximum absolute atomic E-state index is 13.1. The number of pyridine rings is 1. The van der Waals surface area contributed by atoms with Crippen molar-refractivity contribution in [3.8, 4) is 0 Å². The summed E-state index contributed by atoms with van der Waals surface area (Å²) in [6.45, 7) is 4.95. The van der Waals surface area contributed by atoms with Gasteiger partial charge < -0.3 is 10.2 Å². The molecule has 1 aromatic heterocycles. The minimum atomic E-state index is -0.00315. The zero-order valence-corrected chi connectivity index (χ0v) is 15.7. The third kappa shape index (κ3) is 3.31. The average molecular weight is 357 g/mol. The van der Waals surface area contributed by atoms with Crippen LogP contribution in [-0.4, -0.2) is 17.4 Å². The van der Waals surface area contributed by atoms with Crippen molar-refractivity contribution in [2.45, 2.75) is 26.7 Å². The second-order valence-corrected chi connectivity index (χ2v) is 6.89. The van der Waals surface area contributed by atoms with Gasteiger partial charge in [-0.05, 0) is 48.6 Å². The number of nitrogens with zero attached hydrogens (tertiary/aromatic N) is 2. The summed E-state index contributed by atoms with van der Waals surface area (Å²) in [6.07, 6.45) is 5.25. The molecule has 136 valence electrons. The normalized spacial score (nSPS) is 12.7. The molecular weight excluding hydrogens is 334 g/mol. The summed E-state index contributed by atoms with van der Waals surface area (Å²) >= 11 is 0. The first-order valence-electron chi connectivity index (χ1n) is 9.37. The minimum absolute atomic E-state index is 0.00315. The number of amides is 1. The van der Waals surface area contributed by atoms with Crippen molar-refractivity contribution < 1.29 is 4.79 Å². The molecular formula is C23H23N3O. The van der Waals surface area contributed by atoms with Crippen LogP contribution in [0.4, 0.5) is 17.1 Å². The van der Waals surface area contributed by atoms with E-state index in [-0.39, 0.29) is 5.91 Å². The number of aromatic nitrogens is 1. The van der Waals surface area contributed by atoms with Crippen molar-refractivity contribution in [1.82, 2.24) is 4.98 Å². The topological polar surface area (TPSA) is 45.2 Å². The van der Waals surface area contributed by atoms with Crippen molar-refractivity contribution in [1.29, 1.82) is 0 Å². The summed E-state index contributed by atoms with van der Waals surface area (Å²) in [4.78, 5) is 19.2. The van der Waals surface area contributed by atoms with Gasteiger partial charge in [-0.15, -0.1) is 0 Å². The van der Waals surface area contributed by atoms with Gasteiger partial charge in [0.2, 0.25) is 0 Å². The zero-order chi connectivity index (χ0) is 18.8. The summed E-state index contributed by atoms with van der Waals surface area (Å²) in [7, 11) is 0. The van der Waals surface area contributed by atoms with Crippen LogP contribution in [0.2, 0.25) is 0 Å². The Morgan fingerprint density at radius 3 is 2.85 bits per heavy atom. The van der Waals surface area contributed by atoms with Crippen LogP contribution in [-0.2, 0) is 12.8 Å². The molecule has 0 saturated heterocycles. The van der Waals surface area contributed by atoms with E-state index in [0.717, 1.165) is 29.9 Å². The Morgan fingerprint density at radius 1 is 1.15 bits per heavy atom. The Bertz CT molecular complexity index is 996. The maximum atomic E-state index is 13.1. The van der Waals surface area contributed by atoms with Gasteiger partial charge in [-0.2, -0.15) is 0 Å². The van der Waals surface area contributed by atoms with Crippen LogP contribution in [0, 0.1) is 6.92 Å². The van der Waals surface area contributed by atoms with Crippen molar-refractivity contribution in [2.24, 2.45) is 0 Å². The van der Waals surface area contributed by atoms with E-state index < -0.39 is 0 Å². The van der Waals surface area contributed by atoms with Crippen LogP contribution in [0.5, 0.6) is 0 Å². The molecule has 3 aromatic rings. The predicted molar refractivity (Wildman–Crippen MR) is 110 cm³/mol. The first-order valence-corrected chi connectivity index (χ1v) is 9.37. The number of hydrogen-bond acceptors (Lipinski definition) is 3. The average Bonchev–Trinajstić information content (AvgIpc) is 3.13. The Labute approximate surface area is 159 Å². The third-order valence-corrected chi connectivity index (χ3v) is 5.13. The molecule has 4 rings (SSSR count). The Kier molecular flexibility index (Phi) is 4.63. The van der Waals surface area contributed by atoms with Gasteiger partial charge in [0, 0.05) is 24.1 Å². The lowest BCUT2D eigenvalue weighted by Crippen LogP contribution is -2.29. The highest BCUT2D eigenvalue weighted by Crippen LogP contribution is 2.30. The quantitative estimate of drug-likeness (QED) is 0.722. The fraction of sp³-hybridized carbons (Fsp3) is 0.217. The van der Waals surface area contributed by atoms with Crippen LogP contribution >= 0.6 is 0 Å². The molecule has 1 amide bonds. The molecule has 1 aliphatic rings. The highest BCUT2D eigenvalue weighted by molar-refractivity contribution is 6.07. The van der Waals surface area contributed by atoms with Crippen LogP contribution in [0.15, 0.2) is 60.9 Å². The van der Waals surface area contributed by atoms with Gasteiger partial charge in [-0.25, -0.2) is 0 Å². The molecule has 0 radical (unpaired) electrons. The largest absolute Gasteiger partial charge is 0.354 e. The summed E-state index contributed by atoms with van der Waals surface area (Å²) in [5, 5.41) is 3.46. The lowest BCUT2D eigenvalue weighted by molar-refractivity contribution is 0.0989. The van der Waals surface area contributed by atoms with Gasteiger partial charge in [0.15, 0.2) is 0 Å². The maximum Gasteiger partial charge on any atom is 0.259 e. The molecule has 2 aromatic carbocycles. The molecule has 0 saturated carbocycles. The lowest BCUT2D eigenvalue weighted by Gasteiger charge is -2.18. The van der Waals surface area contributed by atoms with Crippen molar-refractivity contribution in [3.63, 3.8) is 0 Å². The number of carbonyl (C=O) groups excluding carboxylic acids is 1. The molecule has 27 heavy (non-hydrogen) atoms. The number of aryl methyl sites for hydroxylation is 2. The van der Waals surface area contributed by atoms with Crippen LogP contribution in [0.1, 0.15) is 34.0 Å². The highest BCUT2D eigenvalue weighted by Gasteiger charge is 2.25. The molecule has 4 nitrogen and oxygen atoms in total. The fourth-order valence-electron chi connectivity index (χ4n) is 3.68. The van der Waals surface area contributed by atoms with E-state index in [0.29, 0.717) is 12.1 Å². The van der Waals surface area contributed by atoms with Gasteiger partial charge in [0.25, 0.3) is 5.91 Å². The number of hydrogen-bond donors (Lipinski definition) is 1. The highest BCUT2D eigenvalue weighted by atomic mass is 16.2. The van der Waals surface area contributed by atoms with E-state index in [2.05, 4.69) is 48.4 Å². The summed E-state index contributed by atoms with van der Waals surface area (Å²) in [6, 6.07) is 16.3. The number of rotatable bonds is 4. The molecule has 0 unspecified atom stereocenters. The number of fused-ring (bicyclic) bond motifs is 1.